The number of hydrogen-bond acceptors (Lipinski definition) is 12. The van der Waals surface area contributed by atoms with Crippen LogP contribution in [0.5, 0.6) is 0 Å². The molecule has 9 aromatic heterocycles. The number of pyridine rings is 6. The second-order valence-electron chi connectivity index (χ2n) is 22.1. The van der Waals surface area contributed by atoms with Gasteiger partial charge >= 0.3 is 0 Å². The summed E-state index contributed by atoms with van der Waals surface area (Å²) in [5, 5.41) is 0. The highest BCUT2D eigenvalue weighted by molar-refractivity contribution is 5.70. The van der Waals surface area contributed by atoms with Gasteiger partial charge in [-0.25, -0.2) is 39.9 Å². The summed E-state index contributed by atoms with van der Waals surface area (Å²) in [6, 6.07) is 92.9. The van der Waals surface area contributed by atoms with Gasteiger partial charge in [-0.05, 0) is 137 Å². The lowest BCUT2D eigenvalue weighted by atomic mass is 10.1. The van der Waals surface area contributed by atoms with Gasteiger partial charge in [0.1, 0.15) is 5.69 Å². The monoisotopic (exact) mass is 1230 g/mol. The molecule has 12 heteroatoms. The molecule has 0 aliphatic heterocycles. The van der Waals surface area contributed by atoms with E-state index >= 15 is 0 Å². The summed E-state index contributed by atoms with van der Waals surface area (Å²) in [5.74, 6) is 2.16. The SMILES string of the molecule is Cc1cc(-c2ccccc2)nc(-c2ccccc2)n1.Cc1cc(-c2ccccc2)nc(-c2ccccn2)n1.Cc1cc(-c2ccccc2)nc(-c2cccnc2)c1.Cc1cc(-c2ccccc2)nc(-c2cccnc2)n1.Cc1cc(-c2ccccc2)nc(-c2ccncc2)c1. The molecule has 12 nitrogen and oxygen atoms in total. The van der Waals surface area contributed by atoms with Crippen molar-refractivity contribution in [3.8, 4) is 113 Å². The molecule has 95 heavy (non-hydrogen) atoms. The van der Waals surface area contributed by atoms with Gasteiger partial charge in [-0.2, -0.15) is 0 Å². The summed E-state index contributed by atoms with van der Waals surface area (Å²) in [4.78, 5) is 53.4. The Bertz CT molecular complexity index is 3820. The Hall–Kier alpha value is -12.5. The Balaban J connectivity index is 0.000000121. The first-order valence-corrected chi connectivity index (χ1v) is 31.1. The molecule has 0 aliphatic carbocycles. The van der Waals surface area contributed by atoms with Crippen molar-refractivity contribution in [1.82, 2.24) is 59.8 Å². The minimum absolute atomic E-state index is 0.666. The van der Waals surface area contributed by atoms with Crippen LogP contribution in [0.2, 0.25) is 0 Å². The van der Waals surface area contributed by atoms with Gasteiger partial charge in [0.2, 0.25) is 0 Å². The molecule has 0 unspecified atom stereocenters. The highest BCUT2D eigenvalue weighted by Crippen LogP contribution is 2.28. The van der Waals surface area contributed by atoms with E-state index in [2.05, 4.69) is 136 Å². The lowest BCUT2D eigenvalue weighted by molar-refractivity contribution is 1.09. The van der Waals surface area contributed by atoms with Gasteiger partial charge in [-0.1, -0.05) is 188 Å². The highest BCUT2D eigenvalue weighted by Gasteiger charge is 2.11. The van der Waals surface area contributed by atoms with Crippen molar-refractivity contribution < 1.29 is 0 Å². The average molecular weight is 1230 g/mol. The van der Waals surface area contributed by atoms with E-state index in [0.29, 0.717) is 11.6 Å². The van der Waals surface area contributed by atoms with Gasteiger partial charge in [0.25, 0.3) is 0 Å². The third kappa shape index (κ3) is 18.3. The summed E-state index contributed by atoms with van der Waals surface area (Å²) in [6.45, 7) is 10.1. The number of nitrogens with zero attached hydrogens (tertiary/aromatic N) is 12. The van der Waals surface area contributed by atoms with Gasteiger partial charge in [0.15, 0.2) is 17.5 Å². The molecule has 15 aromatic rings. The molecule has 460 valence electrons. The number of rotatable bonds is 10. The average Bonchev–Trinajstić information content (AvgIpc) is 1.37. The molecule has 0 spiro atoms. The quantitative estimate of drug-likeness (QED) is 0.128. The molecular weight excluding hydrogens is 1160 g/mol. The maximum absolute atomic E-state index is 4.75. The largest absolute Gasteiger partial charge is 0.265 e. The predicted molar refractivity (Wildman–Crippen MR) is 384 cm³/mol. The Kier molecular flexibility index (Phi) is 21.9. The summed E-state index contributed by atoms with van der Waals surface area (Å²) < 4.78 is 0. The standard InChI is InChI=1S/3C17H14N2.2C16H13N3/c1-13-12-16(14-8-4-2-5-9-14)19-17(18-13)15-10-6-3-7-11-15;1-13-10-16(14-6-3-2-4-7-14)19-17(11-13)15-8-5-9-18-12-15;1-13-11-16(14-5-3-2-4-6-14)19-17(12-13)15-7-9-18-10-8-15;1-12-11-15(13-7-3-2-4-8-13)19-16(18-12)14-9-5-6-10-17-14;1-12-10-15(13-6-3-2-4-7-13)19-16(18-12)14-8-5-9-17-11-14/h3*2-12H,1H3;2*2-11H,1H3. The molecule has 0 saturated carbocycles. The third-order valence-electron chi connectivity index (χ3n) is 14.6. The molecule has 15 rings (SSSR count). The third-order valence-corrected chi connectivity index (χ3v) is 14.6. The van der Waals surface area contributed by atoms with Gasteiger partial charge in [-0.15, -0.1) is 0 Å². The lowest BCUT2D eigenvalue weighted by Crippen LogP contribution is -1.96. The first kappa shape index (κ1) is 64.0. The second-order valence-corrected chi connectivity index (χ2v) is 22.1. The Morgan fingerprint density at radius 1 is 0.189 bits per heavy atom. The molecule has 0 saturated heterocycles. The maximum atomic E-state index is 4.75. The van der Waals surface area contributed by atoms with Crippen molar-refractivity contribution in [2.24, 2.45) is 0 Å². The van der Waals surface area contributed by atoms with Gasteiger partial charge in [0.05, 0.1) is 39.9 Å². The normalized spacial score (nSPS) is 10.4. The van der Waals surface area contributed by atoms with Crippen LogP contribution in [0.15, 0.2) is 322 Å². The minimum atomic E-state index is 0.666. The zero-order valence-electron chi connectivity index (χ0n) is 53.5. The first-order valence-electron chi connectivity index (χ1n) is 31.1. The number of benzene rings is 6. The summed E-state index contributed by atoms with van der Waals surface area (Å²) >= 11 is 0. The minimum Gasteiger partial charge on any atom is -0.265 e. The smallest absolute Gasteiger partial charge is 0.178 e. The fourth-order valence-electron chi connectivity index (χ4n) is 10.1. The van der Waals surface area contributed by atoms with Crippen molar-refractivity contribution in [3.05, 3.63) is 351 Å². The first-order chi connectivity index (χ1) is 46.6. The van der Waals surface area contributed by atoms with Crippen molar-refractivity contribution in [2.75, 3.05) is 0 Å². The molecule has 9 heterocycles. The van der Waals surface area contributed by atoms with Crippen LogP contribution < -0.4 is 0 Å². The summed E-state index contributed by atoms with van der Waals surface area (Å²) in [5.41, 5.74) is 22.6. The number of hydrogen-bond donors (Lipinski definition) is 0. The lowest BCUT2D eigenvalue weighted by Gasteiger charge is -2.07. The molecule has 0 bridgehead atoms. The maximum Gasteiger partial charge on any atom is 0.178 e. The fraction of sp³-hybridized carbons (Fsp3) is 0.0602. The summed E-state index contributed by atoms with van der Waals surface area (Å²) in [6.07, 6.45) is 12.5. The molecule has 0 amide bonds. The van der Waals surface area contributed by atoms with Crippen molar-refractivity contribution in [2.45, 2.75) is 34.6 Å². The van der Waals surface area contributed by atoms with Gasteiger partial charge in [0, 0.05) is 111 Å². The van der Waals surface area contributed by atoms with E-state index in [-0.39, 0.29) is 0 Å². The molecule has 6 aromatic carbocycles. The van der Waals surface area contributed by atoms with Crippen LogP contribution in [0.25, 0.3) is 113 Å². The van der Waals surface area contributed by atoms with Crippen molar-refractivity contribution in [1.29, 1.82) is 0 Å². The van der Waals surface area contributed by atoms with Crippen LogP contribution in [-0.4, -0.2) is 59.8 Å². The molecule has 0 aliphatic rings. The Labute approximate surface area is 555 Å². The Morgan fingerprint density at radius 3 is 0.863 bits per heavy atom. The van der Waals surface area contributed by atoms with Crippen LogP contribution in [0.1, 0.15) is 28.2 Å². The van der Waals surface area contributed by atoms with E-state index in [1.165, 1.54) is 11.1 Å². The number of aromatic nitrogens is 12. The number of aryl methyl sites for hydroxylation is 5. The van der Waals surface area contributed by atoms with E-state index < -0.39 is 0 Å². The zero-order chi connectivity index (χ0) is 65.4. The zero-order valence-corrected chi connectivity index (χ0v) is 53.5. The molecule has 0 N–H and O–H groups in total. The Morgan fingerprint density at radius 2 is 0.495 bits per heavy atom. The van der Waals surface area contributed by atoms with E-state index in [9.17, 15) is 0 Å². The molecule has 0 atom stereocenters. The van der Waals surface area contributed by atoms with E-state index in [1.807, 2.05) is 233 Å². The molecular formula is C83H68N12. The second kappa shape index (κ2) is 32.5. The van der Waals surface area contributed by atoms with Crippen LogP contribution in [-0.2, 0) is 0 Å². The topological polar surface area (TPSA) is 155 Å². The van der Waals surface area contributed by atoms with E-state index in [4.69, 9.17) is 9.97 Å². The summed E-state index contributed by atoms with van der Waals surface area (Å²) in [7, 11) is 0. The van der Waals surface area contributed by atoms with Crippen molar-refractivity contribution in [3.63, 3.8) is 0 Å². The predicted octanol–water partition coefficient (Wildman–Crippen LogP) is 19.4. The van der Waals surface area contributed by atoms with Gasteiger partial charge in [-0.3, -0.25) is 19.9 Å². The van der Waals surface area contributed by atoms with Crippen LogP contribution in [0.4, 0.5) is 0 Å². The van der Waals surface area contributed by atoms with E-state index in [1.54, 1.807) is 37.2 Å². The van der Waals surface area contributed by atoms with Gasteiger partial charge < -0.3 is 0 Å². The van der Waals surface area contributed by atoms with Crippen molar-refractivity contribution >= 4 is 0 Å². The van der Waals surface area contributed by atoms with E-state index in [0.717, 1.165) is 119 Å². The van der Waals surface area contributed by atoms with Crippen LogP contribution in [0, 0.1) is 34.6 Å². The fourth-order valence-corrected chi connectivity index (χ4v) is 10.1. The molecule has 0 radical (unpaired) electrons. The highest BCUT2D eigenvalue weighted by atomic mass is 14.9. The van der Waals surface area contributed by atoms with Crippen LogP contribution >= 0.6 is 0 Å². The molecule has 0 fully saturated rings. The van der Waals surface area contributed by atoms with Crippen LogP contribution in [0.3, 0.4) is 0 Å².